The first-order valence-electron chi connectivity index (χ1n) is 16.5. The largest absolute Gasteiger partial charge is 0.345 e. The number of likely N-dealkylation sites (N-methyl/N-ethyl adjacent to an activating group) is 1. The first kappa shape index (κ1) is 37.2. The maximum absolute atomic E-state index is 13.7. The van der Waals surface area contributed by atoms with Crippen molar-refractivity contribution in [3.8, 4) is 0 Å². The van der Waals surface area contributed by atoms with Crippen molar-refractivity contribution in [2.24, 2.45) is 5.92 Å². The molecule has 262 valence electrons. The van der Waals surface area contributed by atoms with Gasteiger partial charge in [-0.05, 0) is 44.2 Å². The van der Waals surface area contributed by atoms with Gasteiger partial charge >= 0.3 is 0 Å². The Bertz CT molecular complexity index is 1610. The van der Waals surface area contributed by atoms with Crippen molar-refractivity contribution in [3.63, 3.8) is 0 Å². The minimum atomic E-state index is -0.981. The van der Waals surface area contributed by atoms with E-state index in [1.165, 1.54) is 23.2 Å². The zero-order chi connectivity index (χ0) is 35.7. The molecule has 13 heteroatoms. The molecule has 2 aromatic carbocycles. The van der Waals surface area contributed by atoms with E-state index in [9.17, 15) is 24.0 Å². The quantitative estimate of drug-likeness (QED) is 0.322. The summed E-state index contributed by atoms with van der Waals surface area (Å²) in [5, 5.41) is 13.4. The van der Waals surface area contributed by atoms with E-state index in [1.54, 1.807) is 33.2 Å². The summed E-state index contributed by atoms with van der Waals surface area (Å²) >= 11 is 1.25. The maximum atomic E-state index is 13.7. The van der Waals surface area contributed by atoms with Gasteiger partial charge in [0.15, 0.2) is 0 Å². The van der Waals surface area contributed by atoms with E-state index in [4.69, 9.17) is 0 Å². The highest BCUT2D eigenvalue weighted by molar-refractivity contribution is 7.09. The SMILES string of the molecule is Cc1ccc(CN2CCN(C)C(=O)[C@@H](C)NC(=O)[C@H](C(C)C)NC(=O)[C@H](C)NC(=O)c3csc(n3)[C@H](Cc3ccccc3)NC(=O)C2)cc1. The Labute approximate surface area is 292 Å². The summed E-state index contributed by atoms with van der Waals surface area (Å²) in [6, 6.07) is 14.5. The summed E-state index contributed by atoms with van der Waals surface area (Å²) in [4.78, 5) is 74.7. The molecule has 0 saturated heterocycles. The van der Waals surface area contributed by atoms with Crippen molar-refractivity contribution in [2.75, 3.05) is 26.7 Å². The molecule has 0 fully saturated rings. The molecule has 4 rings (SSSR count). The molecule has 0 aliphatic carbocycles. The number of hydrogen-bond donors (Lipinski definition) is 4. The monoisotopic (exact) mass is 689 g/mol. The summed E-state index contributed by atoms with van der Waals surface area (Å²) in [6.07, 6.45) is 0.449. The van der Waals surface area contributed by atoms with Crippen LogP contribution < -0.4 is 21.3 Å². The van der Waals surface area contributed by atoms with Crippen LogP contribution in [0.1, 0.15) is 65.9 Å². The van der Waals surface area contributed by atoms with Crippen LogP contribution in [-0.2, 0) is 32.1 Å². The van der Waals surface area contributed by atoms with E-state index < -0.39 is 41.9 Å². The second-order valence-electron chi connectivity index (χ2n) is 13.0. The fourth-order valence-corrected chi connectivity index (χ4v) is 6.31. The van der Waals surface area contributed by atoms with Gasteiger partial charge in [0, 0.05) is 32.1 Å². The molecular formula is C36H47N7O5S. The Balaban J connectivity index is 1.66. The summed E-state index contributed by atoms with van der Waals surface area (Å²) in [5.41, 5.74) is 3.25. The number of amides is 5. The van der Waals surface area contributed by atoms with Crippen LogP contribution in [0.2, 0.25) is 0 Å². The molecule has 1 aliphatic heterocycles. The molecule has 0 spiro atoms. The third kappa shape index (κ3) is 10.7. The molecule has 1 aromatic heterocycles. The number of fused-ring (bicyclic) bond motifs is 2. The van der Waals surface area contributed by atoms with Crippen molar-refractivity contribution >= 4 is 40.9 Å². The lowest BCUT2D eigenvalue weighted by Crippen LogP contribution is -2.57. The predicted molar refractivity (Wildman–Crippen MR) is 189 cm³/mol. The highest BCUT2D eigenvalue weighted by Crippen LogP contribution is 2.23. The van der Waals surface area contributed by atoms with Crippen LogP contribution >= 0.6 is 11.3 Å². The zero-order valence-corrected chi connectivity index (χ0v) is 29.8. The lowest BCUT2D eigenvalue weighted by atomic mass is 10.0. The molecule has 0 saturated carbocycles. The molecule has 0 radical (unpaired) electrons. The first-order chi connectivity index (χ1) is 23.3. The van der Waals surface area contributed by atoms with Crippen molar-refractivity contribution in [1.29, 1.82) is 0 Å². The number of carbonyl (C=O) groups is 5. The zero-order valence-electron chi connectivity index (χ0n) is 29.0. The number of thiazole rings is 1. The minimum absolute atomic E-state index is 0.0492. The van der Waals surface area contributed by atoms with E-state index in [2.05, 4.69) is 26.3 Å². The Morgan fingerprint density at radius 3 is 2.20 bits per heavy atom. The van der Waals surface area contributed by atoms with Crippen LogP contribution in [0.4, 0.5) is 0 Å². The average molecular weight is 690 g/mol. The number of carbonyl (C=O) groups excluding carboxylic acids is 5. The summed E-state index contributed by atoms with van der Waals surface area (Å²) in [5.74, 6) is -2.46. The Morgan fingerprint density at radius 2 is 1.53 bits per heavy atom. The molecule has 3 aromatic rings. The molecule has 12 nitrogen and oxygen atoms in total. The lowest BCUT2D eigenvalue weighted by molar-refractivity contribution is -0.136. The van der Waals surface area contributed by atoms with Gasteiger partial charge in [0.05, 0.1) is 12.6 Å². The van der Waals surface area contributed by atoms with Crippen molar-refractivity contribution in [3.05, 3.63) is 87.4 Å². The van der Waals surface area contributed by atoms with Gasteiger partial charge in [-0.1, -0.05) is 74.0 Å². The van der Waals surface area contributed by atoms with E-state index in [1.807, 2.05) is 66.4 Å². The molecule has 2 bridgehead atoms. The molecule has 49 heavy (non-hydrogen) atoms. The van der Waals surface area contributed by atoms with E-state index >= 15 is 0 Å². The number of hydrogen-bond acceptors (Lipinski definition) is 8. The normalized spacial score (nSPS) is 22.5. The second kappa shape index (κ2) is 17.2. The van der Waals surface area contributed by atoms with Crippen LogP contribution in [0, 0.1) is 12.8 Å². The first-order valence-corrected chi connectivity index (χ1v) is 17.4. The smallest absolute Gasteiger partial charge is 0.271 e. The Hall–Kier alpha value is -4.62. The number of benzene rings is 2. The van der Waals surface area contributed by atoms with Gasteiger partial charge in [0.1, 0.15) is 28.8 Å². The summed E-state index contributed by atoms with van der Waals surface area (Å²) in [7, 11) is 1.66. The van der Waals surface area contributed by atoms with Crippen molar-refractivity contribution in [1.82, 2.24) is 36.1 Å². The molecular weight excluding hydrogens is 643 g/mol. The number of aromatic nitrogens is 1. The van der Waals surface area contributed by atoms with Gasteiger partial charge in [0.2, 0.25) is 23.6 Å². The fourth-order valence-electron chi connectivity index (χ4n) is 5.46. The molecule has 1 aliphatic rings. The number of aryl methyl sites for hydroxylation is 1. The number of nitrogens with one attached hydrogen (secondary N) is 4. The predicted octanol–water partition coefficient (Wildman–Crippen LogP) is 2.59. The average Bonchev–Trinajstić information content (AvgIpc) is 3.56. The third-order valence-corrected chi connectivity index (χ3v) is 9.37. The van der Waals surface area contributed by atoms with Crippen LogP contribution in [-0.4, -0.2) is 89.1 Å². The van der Waals surface area contributed by atoms with Gasteiger partial charge in [-0.15, -0.1) is 11.3 Å². The standard InChI is InChI=1S/C36H47N7O5S/c1-22(2)31-34(47)38-25(5)36(48)42(6)16-17-43(19-27-14-12-23(3)13-15-27)20-30(44)39-28(18-26-10-8-7-9-11-26)35-40-29(21-49-35)33(46)37-24(4)32(45)41-31/h7-15,21-22,24-25,28,31H,16-20H2,1-6H3,(H,37,46)(H,38,47)(H,39,44)(H,41,45)/t24-,25+,28-,31-/m0/s1. The molecule has 4 N–H and O–H groups in total. The van der Waals surface area contributed by atoms with Crippen LogP contribution in [0.25, 0.3) is 0 Å². The van der Waals surface area contributed by atoms with Gasteiger partial charge < -0.3 is 26.2 Å². The summed E-state index contributed by atoms with van der Waals surface area (Å²) in [6.45, 7) is 9.92. The Morgan fingerprint density at radius 1 is 0.837 bits per heavy atom. The van der Waals surface area contributed by atoms with E-state index in [-0.39, 0.29) is 30.0 Å². The molecule has 2 heterocycles. The molecule has 0 unspecified atom stereocenters. The molecule has 5 amide bonds. The second-order valence-corrected chi connectivity index (χ2v) is 13.9. The van der Waals surface area contributed by atoms with E-state index in [0.717, 1.165) is 16.7 Å². The van der Waals surface area contributed by atoms with E-state index in [0.29, 0.717) is 31.1 Å². The highest BCUT2D eigenvalue weighted by atomic mass is 32.1. The third-order valence-electron chi connectivity index (χ3n) is 8.41. The lowest BCUT2D eigenvalue weighted by Gasteiger charge is -2.29. The topological polar surface area (TPSA) is 153 Å². The number of rotatable bonds is 5. The van der Waals surface area contributed by atoms with Crippen LogP contribution in [0.5, 0.6) is 0 Å². The maximum Gasteiger partial charge on any atom is 0.271 e. The van der Waals surface area contributed by atoms with Gasteiger partial charge in [-0.25, -0.2) is 4.98 Å². The highest BCUT2D eigenvalue weighted by Gasteiger charge is 2.31. The van der Waals surface area contributed by atoms with Crippen LogP contribution in [0.15, 0.2) is 60.0 Å². The Kier molecular flexibility index (Phi) is 13.0. The van der Waals surface area contributed by atoms with Crippen molar-refractivity contribution < 1.29 is 24.0 Å². The van der Waals surface area contributed by atoms with Crippen molar-refractivity contribution in [2.45, 2.75) is 71.8 Å². The summed E-state index contributed by atoms with van der Waals surface area (Å²) < 4.78 is 0. The van der Waals surface area contributed by atoms with Gasteiger partial charge in [-0.2, -0.15) is 0 Å². The van der Waals surface area contributed by atoms with Gasteiger partial charge in [0.25, 0.3) is 5.91 Å². The fraction of sp³-hybridized carbons (Fsp3) is 0.444. The number of nitrogens with zero attached hydrogens (tertiary/aromatic N) is 3. The van der Waals surface area contributed by atoms with Crippen LogP contribution in [0.3, 0.4) is 0 Å². The van der Waals surface area contributed by atoms with Gasteiger partial charge in [-0.3, -0.25) is 28.9 Å². The molecule has 4 atom stereocenters. The minimum Gasteiger partial charge on any atom is -0.345 e.